The summed E-state index contributed by atoms with van der Waals surface area (Å²) in [5.74, 6) is 1.31. The molecule has 0 aliphatic carbocycles. The number of anilines is 1. The van der Waals surface area contributed by atoms with Gasteiger partial charge in [-0.25, -0.2) is 0 Å². The summed E-state index contributed by atoms with van der Waals surface area (Å²) in [7, 11) is 0. The zero-order valence-electron chi connectivity index (χ0n) is 13.2. The van der Waals surface area contributed by atoms with Crippen molar-refractivity contribution in [1.29, 1.82) is 0 Å². The Balaban J connectivity index is 1.48. The number of benzene rings is 1. The predicted octanol–water partition coefficient (Wildman–Crippen LogP) is 4.03. The second-order valence-electron chi connectivity index (χ2n) is 5.44. The van der Waals surface area contributed by atoms with E-state index in [0.717, 1.165) is 27.8 Å². The number of nitrogens with zero attached hydrogens (tertiary/aromatic N) is 3. The zero-order valence-corrected chi connectivity index (χ0v) is 14.8. The SMILES string of the molecule is Clc1cc(CNc2nnc(-c3ccccn3)s2)cc2c1OCCCO2. The topological polar surface area (TPSA) is 69.2 Å². The first-order valence-electron chi connectivity index (χ1n) is 7.86. The molecule has 8 heteroatoms. The second-order valence-corrected chi connectivity index (χ2v) is 6.82. The van der Waals surface area contributed by atoms with Crippen LogP contribution in [0.2, 0.25) is 5.02 Å². The van der Waals surface area contributed by atoms with Crippen molar-refractivity contribution in [3.8, 4) is 22.2 Å². The van der Waals surface area contributed by atoms with Crippen molar-refractivity contribution < 1.29 is 9.47 Å². The van der Waals surface area contributed by atoms with E-state index >= 15 is 0 Å². The molecule has 1 N–H and O–H groups in total. The normalized spacial score (nSPS) is 13.3. The fourth-order valence-electron chi connectivity index (χ4n) is 2.45. The first-order chi connectivity index (χ1) is 12.3. The van der Waals surface area contributed by atoms with E-state index in [1.165, 1.54) is 11.3 Å². The lowest BCUT2D eigenvalue weighted by Crippen LogP contribution is -2.01. The van der Waals surface area contributed by atoms with Crippen LogP contribution in [0.4, 0.5) is 5.13 Å². The molecule has 1 aromatic carbocycles. The van der Waals surface area contributed by atoms with Gasteiger partial charge in [-0.2, -0.15) is 0 Å². The molecular weight excluding hydrogens is 360 g/mol. The molecule has 0 spiro atoms. The molecule has 128 valence electrons. The quantitative estimate of drug-likeness (QED) is 0.743. The van der Waals surface area contributed by atoms with Crippen LogP contribution >= 0.6 is 22.9 Å². The third-order valence-corrected chi connectivity index (χ3v) is 4.80. The van der Waals surface area contributed by atoms with Crippen molar-refractivity contribution in [1.82, 2.24) is 15.2 Å². The fraction of sp³-hybridized carbons (Fsp3) is 0.235. The molecule has 0 saturated carbocycles. The minimum Gasteiger partial charge on any atom is -0.489 e. The number of hydrogen-bond donors (Lipinski definition) is 1. The first-order valence-corrected chi connectivity index (χ1v) is 9.06. The van der Waals surface area contributed by atoms with Crippen LogP contribution in [-0.4, -0.2) is 28.4 Å². The van der Waals surface area contributed by atoms with Crippen LogP contribution in [-0.2, 0) is 6.54 Å². The fourth-order valence-corrected chi connectivity index (χ4v) is 3.46. The number of aromatic nitrogens is 3. The van der Waals surface area contributed by atoms with Crippen LogP contribution in [0.5, 0.6) is 11.5 Å². The van der Waals surface area contributed by atoms with E-state index in [0.29, 0.717) is 36.3 Å². The summed E-state index contributed by atoms with van der Waals surface area (Å²) in [5.41, 5.74) is 1.80. The number of pyridine rings is 1. The highest BCUT2D eigenvalue weighted by Gasteiger charge is 2.16. The highest BCUT2D eigenvalue weighted by molar-refractivity contribution is 7.18. The second kappa shape index (κ2) is 7.25. The Morgan fingerprint density at radius 2 is 2.08 bits per heavy atom. The molecule has 3 aromatic rings. The monoisotopic (exact) mass is 374 g/mol. The molecule has 2 aromatic heterocycles. The molecular formula is C17H15ClN4O2S. The molecule has 0 atom stereocenters. The van der Waals surface area contributed by atoms with E-state index in [-0.39, 0.29) is 0 Å². The highest BCUT2D eigenvalue weighted by Crippen LogP contribution is 2.38. The van der Waals surface area contributed by atoms with Gasteiger partial charge in [0.15, 0.2) is 16.5 Å². The number of ether oxygens (including phenoxy) is 2. The van der Waals surface area contributed by atoms with Crippen molar-refractivity contribution in [3.05, 3.63) is 47.1 Å². The van der Waals surface area contributed by atoms with Crippen molar-refractivity contribution in [2.24, 2.45) is 0 Å². The van der Waals surface area contributed by atoms with Gasteiger partial charge in [-0.1, -0.05) is 29.0 Å². The Morgan fingerprint density at radius 3 is 2.96 bits per heavy atom. The van der Waals surface area contributed by atoms with E-state index in [9.17, 15) is 0 Å². The largest absolute Gasteiger partial charge is 0.489 e. The molecule has 6 nitrogen and oxygen atoms in total. The third-order valence-electron chi connectivity index (χ3n) is 3.61. The molecule has 4 rings (SSSR count). The van der Waals surface area contributed by atoms with E-state index < -0.39 is 0 Å². The number of halogens is 1. The number of fused-ring (bicyclic) bond motifs is 1. The lowest BCUT2D eigenvalue weighted by Gasteiger charge is -2.11. The maximum Gasteiger partial charge on any atom is 0.206 e. The summed E-state index contributed by atoms with van der Waals surface area (Å²) in [5, 5.41) is 13.7. The Morgan fingerprint density at radius 1 is 1.16 bits per heavy atom. The molecule has 0 saturated heterocycles. The van der Waals surface area contributed by atoms with Crippen molar-refractivity contribution in [3.63, 3.8) is 0 Å². The van der Waals surface area contributed by atoms with E-state index in [1.807, 2.05) is 30.3 Å². The smallest absolute Gasteiger partial charge is 0.206 e. The lowest BCUT2D eigenvalue weighted by atomic mass is 10.2. The van der Waals surface area contributed by atoms with Gasteiger partial charge in [0.25, 0.3) is 0 Å². The Labute approximate surface area is 153 Å². The van der Waals surface area contributed by atoms with Crippen LogP contribution in [0.3, 0.4) is 0 Å². The third kappa shape index (κ3) is 3.67. The minimum absolute atomic E-state index is 0.558. The van der Waals surface area contributed by atoms with Crippen LogP contribution in [0.25, 0.3) is 10.7 Å². The van der Waals surface area contributed by atoms with Crippen molar-refractivity contribution >= 4 is 28.1 Å². The van der Waals surface area contributed by atoms with Gasteiger partial charge in [0, 0.05) is 19.2 Å². The zero-order chi connectivity index (χ0) is 17.1. The predicted molar refractivity (Wildman–Crippen MR) is 97.5 cm³/mol. The standard InChI is InChI=1S/C17H15ClN4O2S/c18-12-8-11(9-14-15(12)24-7-3-6-23-14)10-20-17-22-21-16(25-17)13-4-1-2-5-19-13/h1-2,4-5,8-9H,3,6-7,10H2,(H,20,22). The summed E-state index contributed by atoms with van der Waals surface area (Å²) in [6.07, 6.45) is 2.59. The molecule has 25 heavy (non-hydrogen) atoms. The van der Waals surface area contributed by atoms with Crippen LogP contribution < -0.4 is 14.8 Å². The van der Waals surface area contributed by atoms with Gasteiger partial charge < -0.3 is 14.8 Å². The maximum absolute atomic E-state index is 6.32. The van der Waals surface area contributed by atoms with Gasteiger partial charge in [0.2, 0.25) is 5.13 Å². The lowest BCUT2D eigenvalue weighted by molar-refractivity contribution is 0.297. The van der Waals surface area contributed by atoms with E-state index in [2.05, 4.69) is 20.5 Å². The van der Waals surface area contributed by atoms with Crippen molar-refractivity contribution in [2.45, 2.75) is 13.0 Å². The Kier molecular flexibility index (Phi) is 4.67. The van der Waals surface area contributed by atoms with Gasteiger partial charge >= 0.3 is 0 Å². The molecule has 0 amide bonds. The summed E-state index contributed by atoms with van der Waals surface area (Å²) in [4.78, 5) is 4.28. The van der Waals surface area contributed by atoms with Gasteiger partial charge in [-0.3, -0.25) is 4.98 Å². The van der Waals surface area contributed by atoms with Gasteiger partial charge in [-0.15, -0.1) is 10.2 Å². The molecule has 0 radical (unpaired) electrons. The Bertz CT molecular complexity index is 872. The molecule has 3 heterocycles. The molecule has 1 aliphatic heterocycles. The number of nitrogens with one attached hydrogen (secondary N) is 1. The Hall–Kier alpha value is -2.38. The highest BCUT2D eigenvalue weighted by atomic mass is 35.5. The molecule has 0 unspecified atom stereocenters. The van der Waals surface area contributed by atoms with Gasteiger partial charge in [0.1, 0.15) is 5.69 Å². The van der Waals surface area contributed by atoms with Gasteiger partial charge in [-0.05, 0) is 29.8 Å². The molecule has 0 fully saturated rings. The molecule has 1 aliphatic rings. The van der Waals surface area contributed by atoms with E-state index in [4.69, 9.17) is 21.1 Å². The van der Waals surface area contributed by atoms with Crippen LogP contribution in [0.1, 0.15) is 12.0 Å². The average molecular weight is 375 g/mol. The van der Waals surface area contributed by atoms with Crippen LogP contribution in [0.15, 0.2) is 36.5 Å². The minimum atomic E-state index is 0.558. The molecule has 0 bridgehead atoms. The number of rotatable bonds is 4. The summed E-state index contributed by atoms with van der Waals surface area (Å²) in [6, 6.07) is 9.53. The maximum atomic E-state index is 6.32. The average Bonchev–Trinajstić information content (AvgIpc) is 2.98. The summed E-state index contributed by atoms with van der Waals surface area (Å²) >= 11 is 7.78. The first kappa shape index (κ1) is 16.1. The van der Waals surface area contributed by atoms with Gasteiger partial charge in [0.05, 0.1) is 18.2 Å². The van der Waals surface area contributed by atoms with Crippen molar-refractivity contribution in [2.75, 3.05) is 18.5 Å². The summed E-state index contributed by atoms with van der Waals surface area (Å²) in [6.45, 7) is 1.81. The number of hydrogen-bond acceptors (Lipinski definition) is 7. The summed E-state index contributed by atoms with van der Waals surface area (Å²) < 4.78 is 11.4. The van der Waals surface area contributed by atoms with E-state index in [1.54, 1.807) is 6.20 Å². The van der Waals surface area contributed by atoms with Crippen LogP contribution in [0, 0.1) is 0 Å².